The monoisotopic (exact) mass is 351 g/mol. The average molecular weight is 351 g/mol. The quantitative estimate of drug-likeness (QED) is 0.469. The number of hydrogen-bond acceptors (Lipinski definition) is 6. The van der Waals surface area contributed by atoms with Crippen molar-refractivity contribution in [1.29, 1.82) is 0 Å². The van der Waals surface area contributed by atoms with Crippen molar-refractivity contribution in [2.75, 3.05) is 39.5 Å². The van der Waals surface area contributed by atoms with Gasteiger partial charge in [-0.15, -0.1) is 0 Å². The molecule has 1 aliphatic heterocycles. The highest BCUT2D eigenvalue weighted by molar-refractivity contribution is 7.60. The van der Waals surface area contributed by atoms with Gasteiger partial charge in [-0.3, -0.25) is 4.57 Å². The molecule has 1 atom stereocenters. The minimum Gasteiger partial charge on any atom is -0.450 e. The van der Waals surface area contributed by atoms with Crippen molar-refractivity contribution in [3.63, 3.8) is 0 Å². The SMILES string of the molecule is CCOC(=O)N1CCC(P(=O)(OCC)C(OCC)OCC)CC1. The van der Waals surface area contributed by atoms with E-state index in [2.05, 4.69) is 0 Å². The van der Waals surface area contributed by atoms with Crippen LogP contribution in [0, 0.1) is 0 Å². The first-order chi connectivity index (χ1) is 11.0. The van der Waals surface area contributed by atoms with Crippen molar-refractivity contribution in [3.05, 3.63) is 0 Å². The molecule has 1 unspecified atom stereocenters. The molecule has 0 aromatic heterocycles. The summed E-state index contributed by atoms with van der Waals surface area (Å²) >= 11 is 0. The molecule has 0 aromatic carbocycles. The molecule has 0 N–H and O–H groups in total. The molecule has 1 fully saturated rings. The van der Waals surface area contributed by atoms with E-state index in [0.717, 1.165) is 0 Å². The maximum atomic E-state index is 13.4. The predicted octanol–water partition coefficient (Wildman–Crippen LogP) is 3.28. The van der Waals surface area contributed by atoms with E-state index in [1.807, 2.05) is 20.8 Å². The summed E-state index contributed by atoms with van der Waals surface area (Å²) in [6.07, 6.45) is 0.864. The van der Waals surface area contributed by atoms with Crippen LogP contribution >= 0.6 is 7.37 Å². The van der Waals surface area contributed by atoms with Gasteiger partial charge < -0.3 is 23.6 Å². The van der Waals surface area contributed by atoms with E-state index in [1.54, 1.807) is 11.8 Å². The number of likely N-dealkylation sites (tertiary alicyclic amines) is 1. The molecule has 0 saturated carbocycles. The van der Waals surface area contributed by atoms with Crippen molar-refractivity contribution in [3.8, 4) is 0 Å². The third-order valence-electron chi connectivity index (χ3n) is 3.74. The lowest BCUT2D eigenvalue weighted by Gasteiger charge is -2.37. The Kier molecular flexibility index (Phi) is 9.14. The van der Waals surface area contributed by atoms with Crippen molar-refractivity contribution in [2.45, 2.75) is 52.2 Å². The van der Waals surface area contributed by atoms with E-state index < -0.39 is 13.4 Å². The van der Waals surface area contributed by atoms with Crippen LogP contribution in [0.2, 0.25) is 0 Å². The summed E-state index contributed by atoms with van der Waals surface area (Å²) in [4.78, 5) is 13.4. The van der Waals surface area contributed by atoms with Gasteiger partial charge in [-0.25, -0.2) is 4.79 Å². The summed E-state index contributed by atoms with van der Waals surface area (Å²) in [7, 11) is -3.13. The number of nitrogens with zero attached hydrogens (tertiary/aromatic N) is 1. The first kappa shape index (κ1) is 20.4. The van der Waals surface area contributed by atoms with Gasteiger partial charge in [-0.1, -0.05) is 0 Å². The van der Waals surface area contributed by atoms with Crippen LogP contribution in [0.15, 0.2) is 0 Å². The Balaban J connectivity index is 2.78. The molecule has 0 spiro atoms. The van der Waals surface area contributed by atoms with E-state index >= 15 is 0 Å². The molecule has 7 nitrogen and oxygen atoms in total. The fourth-order valence-corrected chi connectivity index (χ4v) is 5.45. The van der Waals surface area contributed by atoms with E-state index in [-0.39, 0.29) is 11.8 Å². The smallest absolute Gasteiger partial charge is 0.409 e. The molecule has 8 heteroatoms. The summed E-state index contributed by atoms with van der Waals surface area (Å²) in [5.74, 6) is 0. The van der Waals surface area contributed by atoms with E-state index in [4.69, 9.17) is 18.7 Å². The number of piperidine rings is 1. The summed E-state index contributed by atoms with van der Waals surface area (Å²) in [6.45, 7) is 9.79. The average Bonchev–Trinajstić information content (AvgIpc) is 2.55. The predicted molar refractivity (Wildman–Crippen MR) is 87.9 cm³/mol. The molecule has 1 saturated heterocycles. The van der Waals surface area contributed by atoms with E-state index in [1.165, 1.54) is 0 Å². The van der Waals surface area contributed by atoms with Gasteiger partial charge in [0.1, 0.15) is 0 Å². The molecular weight excluding hydrogens is 321 g/mol. The summed E-state index contributed by atoms with van der Waals surface area (Å²) in [6, 6.07) is -0.836. The third kappa shape index (κ3) is 5.45. The number of amides is 1. The molecule has 0 radical (unpaired) electrons. The van der Waals surface area contributed by atoms with Crippen LogP contribution in [-0.2, 0) is 23.3 Å². The maximum absolute atomic E-state index is 13.4. The Labute approximate surface area is 139 Å². The second-order valence-corrected chi connectivity index (χ2v) is 7.90. The highest BCUT2D eigenvalue weighted by atomic mass is 31.2. The Morgan fingerprint density at radius 2 is 1.61 bits per heavy atom. The molecule has 0 aliphatic carbocycles. The zero-order valence-electron chi connectivity index (χ0n) is 14.7. The van der Waals surface area contributed by atoms with Gasteiger partial charge in [0.25, 0.3) is 7.37 Å². The molecule has 1 heterocycles. The second kappa shape index (κ2) is 10.3. The normalized spacial score (nSPS) is 18.9. The van der Waals surface area contributed by atoms with Crippen LogP contribution in [0.4, 0.5) is 4.79 Å². The van der Waals surface area contributed by atoms with Crippen molar-refractivity contribution < 1.29 is 28.1 Å². The summed E-state index contributed by atoms with van der Waals surface area (Å²) < 4.78 is 35.2. The van der Waals surface area contributed by atoms with Gasteiger partial charge in [0.2, 0.25) is 6.03 Å². The van der Waals surface area contributed by atoms with E-state index in [9.17, 15) is 9.36 Å². The van der Waals surface area contributed by atoms with Crippen LogP contribution in [0.5, 0.6) is 0 Å². The third-order valence-corrected chi connectivity index (χ3v) is 6.82. The maximum Gasteiger partial charge on any atom is 0.409 e. The molecular formula is C15H30NO6P. The minimum atomic E-state index is -3.13. The van der Waals surface area contributed by atoms with Crippen LogP contribution in [0.3, 0.4) is 0 Å². The highest BCUT2D eigenvalue weighted by Gasteiger charge is 2.45. The van der Waals surface area contributed by atoms with Gasteiger partial charge in [0.15, 0.2) is 0 Å². The Bertz CT molecular complexity index is 391. The first-order valence-corrected chi connectivity index (χ1v) is 10.2. The number of carbonyl (C=O) groups is 1. The van der Waals surface area contributed by atoms with Crippen LogP contribution in [0.25, 0.3) is 0 Å². The second-order valence-electron chi connectivity index (χ2n) is 5.20. The number of rotatable bonds is 9. The Morgan fingerprint density at radius 1 is 1.04 bits per heavy atom. The first-order valence-electron chi connectivity index (χ1n) is 8.42. The zero-order chi connectivity index (χ0) is 17.3. The van der Waals surface area contributed by atoms with Gasteiger partial charge in [-0.05, 0) is 40.5 Å². The highest BCUT2D eigenvalue weighted by Crippen LogP contribution is 2.60. The molecule has 1 rings (SSSR count). The summed E-state index contributed by atoms with van der Waals surface area (Å²) in [5, 5.41) is 0. The Hall–Kier alpha value is -0.620. The van der Waals surface area contributed by atoms with Crippen molar-refractivity contribution >= 4 is 13.5 Å². The van der Waals surface area contributed by atoms with Crippen LogP contribution < -0.4 is 0 Å². The minimum absolute atomic E-state index is 0.170. The molecule has 0 bridgehead atoms. The van der Waals surface area contributed by atoms with Gasteiger partial charge in [-0.2, -0.15) is 0 Å². The Morgan fingerprint density at radius 3 is 2.04 bits per heavy atom. The lowest BCUT2D eigenvalue weighted by Crippen LogP contribution is -2.41. The largest absolute Gasteiger partial charge is 0.450 e. The standard InChI is InChI=1S/C15H30NO6P/c1-5-19-14(17)16-11-9-13(10-12-16)23(18,22-8-4)15(20-6-2)21-7-3/h13,15H,5-12H2,1-4H3. The van der Waals surface area contributed by atoms with Gasteiger partial charge in [0.05, 0.1) is 13.2 Å². The van der Waals surface area contributed by atoms with Gasteiger partial charge in [0, 0.05) is 32.0 Å². The van der Waals surface area contributed by atoms with Crippen LogP contribution in [-0.4, -0.2) is 62.2 Å². The number of ether oxygens (including phenoxy) is 3. The van der Waals surface area contributed by atoms with Crippen LogP contribution in [0.1, 0.15) is 40.5 Å². The fraction of sp³-hybridized carbons (Fsp3) is 0.933. The lowest BCUT2D eigenvalue weighted by molar-refractivity contribution is -0.0900. The van der Waals surface area contributed by atoms with Gasteiger partial charge >= 0.3 is 6.09 Å². The molecule has 0 aromatic rings. The fourth-order valence-electron chi connectivity index (χ4n) is 2.70. The van der Waals surface area contributed by atoms with E-state index in [0.29, 0.717) is 52.4 Å². The summed E-state index contributed by atoms with van der Waals surface area (Å²) in [5.41, 5.74) is -0.170. The van der Waals surface area contributed by atoms with Crippen molar-refractivity contribution in [2.24, 2.45) is 0 Å². The molecule has 1 aliphatic rings. The van der Waals surface area contributed by atoms with Crippen molar-refractivity contribution in [1.82, 2.24) is 4.90 Å². The molecule has 23 heavy (non-hydrogen) atoms. The lowest BCUT2D eigenvalue weighted by atomic mass is 10.1. The number of carbonyl (C=O) groups excluding carboxylic acids is 1. The molecule has 136 valence electrons. The zero-order valence-corrected chi connectivity index (χ0v) is 15.5. The molecule has 1 amide bonds. The number of hydrogen-bond donors (Lipinski definition) is 0. The topological polar surface area (TPSA) is 74.3 Å².